The maximum atomic E-state index is 11.9. The molecule has 2 aromatic heterocycles. The van der Waals surface area contributed by atoms with Crippen LogP contribution in [0.4, 0.5) is 0 Å². The fraction of sp³-hybridized carbons (Fsp3) is 0.231. The van der Waals surface area contributed by atoms with E-state index in [1.807, 2.05) is 16.8 Å². The van der Waals surface area contributed by atoms with Crippen LogP contribution in [-0.2, 0) is 5.88 Å². The summed E-state index contributed by atoms with van der Waals surface area (Å²) >= 11 is 8.48. The third-order valence-electron chi connectivity index (χ3n) is 2.46. The lowest BCUT2D eigenvalue weighted by Crippen LogP contribution is -2.02. The van der Waals surface area contributed by atoms with Crippen molar-refractivity contribution in [2.75, 3.05) is 0 Å². The highest BCUT2D eigenvalue weighted by Gasteiger charge is 2.13. The molecule has 0 N–H and O–H groups in total. The van der Waals surface area contributed by atoms with Crippen LogP contribution in [0.5, 0.6) is 0 Å². The Kier molecular flexibility index (Phi) is 4.69. The molecule has 2 aromatic rings. The van der Waals surface area contributed by atoms with Crippen LogP contribution in [0.2, 0.25) is 0 Å². The average Bonchev–Trinajstić information content (AvgIpc) is 3.05. The Hall–Kier alpha value is -0.970. The first-order chi connectivity index (χ1) is 8.70. The van der Waals surface area contributed by atoms with Crippen LogP contribution in [0.15, 0.2) is 29.0 Å². The van der Waals surface area contributed by atoms with E-state index in [-0.39, 0.29) is 24.4 Å². The van der Waals surface area contributed by atoms with Gasteiger partial charge in [0.2, 0.25) is 0 Å². The minimum atomic E-state index is 0.0151. The quantitative estimate of drug-likeness (QED) is 0.585. The van der Waals surface area contributed by atoms with Gasteiger partial charge >= 0.3 is 0 Å². The second kappa shape index (κ2) is 6.27. The smallest absolute Gasteiger partial charge is 0.173 e. The largest absolute Gasteiger partial charge is 0.293 e. The van der Waals surface area contributed by atoms with Crippen LogP contribution < -0.4 is 0 Å². The van der Waals surface area contributed by atoms with Gasteiger partial charge in [0.1, 0.15) is 0 Å². The van der Waals surface area contributed by atoms with E-state index >= 15 is 0 Å². The van der Waals surface area contributed by atoms with Crippen molar-refractivity contribution >= 4 is 45.8 Å². The summed E-state index contributed by atoms with van der Waals surface area (Å²) in [6, 6.07) is 5.43. The molecule has 94 valence electrons. The van der Waals surface area contributed by atoms with Gasteiger partial charge in [0, 0.05) is 18.7 Å². The van der Waals surface area contributed by atoms with E-state index in [4.69, 9.17) is 11.6 Å². The molecule has 5 heteroatoms. The van der Waals surface area contributed by atoms with Gasteiger partial charge in [0.25, 0.3) is 0 Å². The maximum Gasteiger partial charge on any atom is 0.173 e. The number of halogens is 1. The highest BCUT2D eigenvalue weighted by Crippen LogP contribution is 2.20. The zero-order valence-corrected chi connectivity index (χ0v) is 11.9. The number of carbonyl (C=O) groups is 2. The molecular weight excluding hydrogens is 288 g/mol. The lowest BCUT2D eigenvalue weighted by Gasteiger charge is -1.97. The van der Waals surface area contributed by atoms with Crippen LogP contribution in [0.3, 0.4) is 0 Å². The average molecular weight is 299 g/mol. The monoisotopic (exact) mass is 298 g/mol. The Bertz CT molecular complexity index is 543. The number of Topliss-reactive ketones (excluding diaryl/α,β-unsaturated/α-hetero) is 2. The van der Waals surface area contributed by atoms with E-state index < -0.39 is 0 Å². The first kappa shape index (κ1) is 13.5. The number of alkyl halides is 1. The van der Waals surface area contributed by atoms with Gasteiger partial charge in [-0.25, -0.2) is 0 Å². The summed E-state index contributed by atoms with van der Waals surface area (Å²) in [5.74, 6) is 0.464. The minimum Gasteiger partial charge on any atom is -0.293 e. The second-order valence-electron chi connectivity index (χ2n) is 3.78. The molecule has 0 aliphatic heterocycles. The van der Waals surface area contributed by atoms with E-state index in [2.05, 4.69) is 0 Å². The fourth-order valence-corrected chi connectivity index (χ4v) is 3.33. The van der Waals surface area contributed by atoms with E-state index in [0.29, 0.717) is 10.8 Å². The van der Waals surface area contributed by atoms with Crippen molar-refractivity contribution in [3.63, 3.8) is 0 Å². The standard InChI is InChI=1S/C13H11ClO2S2/c14-7-9-6-13(18-8-9)11(16)4-3-10(15)12-2-1-5-17-12/h1-2,5-6,8H,3-4,7H2. The molecule has 0 amide bonds. The molecule has 0 saturated heterocycles. The summed E-state index contributed by atoms with van der Waals surface area (Å²) in [6.07, 6.45) is 0.534. The molecule has 0 fully saturated rings. The van der Waals surface area contributed by atoms with Gasteiger partial charge < -0.3 is 0 Å². The molecule has 2 nitrogen and oxygen atoms in total. The number of hydrogen-bond donors (Lipinski definition) is 0. The Morgan fingerprint density at radius 3 is 2.39 bits per heavy atom. The van der Waals surface area contributed by atoms with Crippen LogP contribution in [-0.4, -0.2) is 11.6 Å². The Morgan fingerprint density at radius 2 is 1.83 bits per heavy atom. The SMILES string of the molecule is O=C(CCC(=O)c1cc(CCl)cs1)c1cccs1. The van der Waals surface area contributed by atoms with E-state index in [1.165, 1.54) is 22.7 Å². The summed E-state index contributed by atoms with van der Waals surface area (Å²) in [5.41, 5.74) is 0.953. The first-order valence-corrected chi connectivity index (χ1v) is 7.73. The number of hydrogen-bond acceptors (Lipinski definition) is 4. The molecule has 0 aromatic carbocycles. The molecular formula is C13H11ClO2S2. The van der Waals surface area contributed by atoms with Gasteiger partial charge in [0.05, 0.1) is 9.75 Å². The normalized spacial score (nSPS) is 10.5. The summed E-state index contributed by atoms with van der Waals surface area (Å²) in [7, 11) is 0. The molecule has 0 radical (unpaired) electrons. The molecule has 0 atom stereocenters. The molecule has 2 heterocycles. The summed E-state index contributed by atoms with van der Waals surface area (Å²) < 4.78 is 0. The van der Waals surface area contributed by atoms with Crippen molar-refractivity contribution in [2.45, 2.75) is 18.7 Å². The van der Waals surface area contributed by atoms with Gasteiger partial charge in [-0.05, 0) is 28.5 Å². The van der Waals surface area contributed by atoms with E-state index in [9.17, 15) is 9.59 Å². The van der Waals surface area contributed by atoms with Gasteiger partial charge in [-0.15, -0.1) is 34.3 Å². The highest BCUT2D eigenvalue weighted by molar-refractivity contribution is 7.12. The van der Waals surface area contributed by atoms with Gasteiger partial charge in [-0.1, -0.05) is 6.07 Å². The molecule has 0 unspecified atom stereocenters. The molecule has 2 rings (SSSR count). The molecule has 0 aliphatic rings. The summed E-state index contributed by atoms with van der Waals surface area (Å²) in [4.78, 5) is 25.0. The number of carbonyl (C=O) groups excluding carboxylic acids is 2. The highest BCUT2D eigenvalue weighted by atomic mass is 35.5. The first-order valence-electron chi connectivity index (χ1n) is 5.44. The number of thiophene rings is 2. The zero-order chi connectivity index (χ0) is 13.0. The van der Waals surface area contributed by atoms with Crippen LogP contribution in [0.25, 0.3) is 0 Å². The summed E-state index contributed by atoms with van der Waals surface area (Å²) in [5, 5.41) is 3.74. The lowest BCUT2D eigenvalue weighted by molar-refractivity contribution is 0.0921. The van der Waals surface area contributed by atoms with Crippen LogP contribution in [0, 0.1) is 0 Å². The number of ketones is 2. The predicted octanol–water partition coefficient (Wildman–Crippen LogP) is 4.39. The van der Waals surface area contributed by atoms with Crippen molar-refractivity contribution in [1.82, 2.24) is 0 Å². The van der Waals surface area contributed by atoms with Crippen LogP contribution in [0.1, 0.15) is 37.7 Å². The Morgan fingerprint density at radius 1 is 1.11 bits per heavy atom. The van der Waals surface area contributed by atoms with Gasteiger partial charge in [0.15, 0.2) is 11.6 Å². The van der Waals surface area contributed by atoms with Gasteiger partial charge in [-0.2, -0.15) is 0 Å². The fourth-order valence-electron chi connectivity index (χ4n) is 1.50. The number of rotatable bonds is 6. The molecule has 18 heavy (non-hydrogen) atoms. The third-order valence-corrected chi connectivity index (χ3v) is 4.70. The lowest BCUT2D eigenvalue weighted by atomic mass is 10.1. The molecule has 0 saturated carbocycles. The van der Waals surface area contributed by atoms with E-state index in [0.717, 1.165) is 10.4 Å². The predicted molar refractivity (Wildman–Crippen MR) is 76.1 cm³/mol. The van der Waals surface area contributed by atoms with Crippen molar-refractivity contribution in [3.05, 3.63) is 44.3 Å². The van der Waals surface area contributed by atoms with Crippen molar-refractivity contribution in [3.8, 4) is 0 Å². The maximum absolute atomic E-state index is 11.9. The van der Waals surface area contributed by atoms with Crippen molar-refractivity contribution in [1.29, 1.82) is 0 Å². The Balaban J connectivity index is 1.90. The topological polar surface area (TPSA) is 34.1 Å². The van der Waals surface area contributed by atoms with E-state index in [1.54, 1.807) is 12.1 Å². The Labute approximate surface area is 118 Å². The van der Waals surface area contributed by atoms with Gasteiger partial charge in [-0.3, -0.25) is 9.59 Å². The molecule has 0 aliphatic carbocycles. The molecule has 0 spiro atoms. The third kappa shape index (κ3) is 3.28. The van der Waals surface area contributed by atoms with Crippen molar-refractivity contribution in [2.24, 2.45) is 0 Å². The van der Waals surface area contributed by atoms with Crippen molar-refractivity contribution < 1.29 is 9.59 Å². The zero-order valence-electron chi connectivity index (χ0n) is 9.52. The summed E-state index contributed by atoms with van der Waals surface area (Å²) in [6.45, 7) is 0. The molecule has 0 bridgehead atoms. The minimum absolute atomic E-state index is 0.0151. The van der Waals surface area contributed by atoms with Crippen LogP contribution >= 0.6 is 34.3 Å². The second-order valence-corrected chi connectivity index (χ2v) is 5.90.